The highest BCUT2D eigenvalue weighted by Crippen LogP contribution is 2.23. The van der Waals surface area contributed by atoms with E-state index in [-0.39, 0.29) is 6.04 Å². The first-order valence-electron chi connectivity index (χ1n) is 7.29. The van der Waals surface area contributed by atoms with Crippen LogP contribution in [0, 0.1) is 5.92 Å². The number of benzene rings is 1. The summed E-state index contributed by atoms with van der Waals surface area (Å²) >= 11 is 0. The lowest BCUT2D eigenvalue weighted by molar-refractivity contribution is 0.433. The van der Waals surface area contributed by atoms with Gasteiger partial charge in [-0.1, -0.05) is 32.4 Å². The quantitative estimate of drug-likeness (QED) is 0.874. The zero-order chi connectivity index (χ0) is 14.8. The number of hydrogen-bond donors (Lipinski definition) is 2. The van der Waals surface area contributed by atoms with Crippen molar-refractivity contribution in [1.29, 1.82) is 0 Å². The largest absolute Gasteiger partial charge is 0.312 e. The highest BCUT2D eigenvalue weighted by Gasteiger charge is 2.25. The van der Waals surface area contributed by atoms with E-state index in [4.69, 9.17) is 0 Å². The molecule has 1 aliphatic rings. The molecule has 5 heteroatoms. The highest BCUT2D eigenvalue weighted by molar-refractivity contribution is 7.89. The summed E-state index contributed by atoms with van der Waals surface area (Å²) in [6.45, 7) is 7.66. The van der Waals surface area contributed by atoms with Crippen molar-refractivity contribution in [2.75, 3.05) is 6.54 Å². The van der Waals surface area contributed by atoms with Crippen LogP contribution >= 0.6 is 0 Å². The van der Waals surface area contributed by atoms with Gasteiger partial charge in [-0.15, -0.1) is 0 Å². The molecule has 1 aromatic rings. The second-order valence-electron chi connectivity index (χ2n) is 5.62. The van der Waals surface area contributed by atoms with E-state index in [9.17, 15) is 8.42 Å². The molecule has 2 atom stereocenters. The molecule has 2 unspecified atom stereocenters. The second-order valence-corrected chi connectivity index (χ2v) is 7.30. The van der Waals surface area contributed by atoms with E-state index in [1.54, 1.807) is 6.07 Å². The monoisotopic (exact) mass is 296 g/mol. The molecule has 0 aromatic heterocycles. The van der Waals surface area contributed by atoms with Crippen molar-refractivity contribution >= 4 is 10.0 Å². The van der Waals surface area contributed by atoms with Crippen LogP contribution in [0.25, 0.3) is 0 Å². The lowest BCUT2D eigenvalue weighted by Crippen LogP contribution is -2.38. The van der Waals surface area contributed by atoms with Crippen molar-refractivity contribution in [3.63, 3.8) is 0 Å². The van der Waals surface area contributed by atoms with E-state index >= 15 is 0 Å². The number of hydrogen-bond acceptors (Lipinski definition) is 3. The average molecular weight is 296 g/mol. The lowest BCUT2D eigenvalue weighted by atomic mass is 10.0. The third kappa shape index (κ3) is 3.22. The van der Waals surface area contributed by atoms with Crippen LogP contribution in [0.1, 0.15) is 38.3 Å². The van der Waals surface area contributed by atoms with E-state index in [1.165, 1.54) is 0 Å². The van der Waals surface area contributed by atoms with Gasteiger partial charge in [-0.3, -0.25) is 0 Å². The maximum atomic E-state index is 12.6. The van der Waals surface area contributed by atoms with Gasteiger partial charge in [-0.05, 0) is 43.0 Å². The van der Waals surface area contributed by atoms with Crippen LogP contribution in [-0.4, -0.2) is 21.0 Å². The zero-order valence-electron chi connectivity index (χ0n) is 12.4. The van der Waals surface area contributed by atoms with Crippen LogP contribution < -0.4 is 10.0 Å². The Bertz CT molecular complexity index is 569. The Labute approximate surface area is 122 Å². The van der Waals surface area contributed by atoms with Gasteiger partial charge in [0.05, 0.1) is 4.90 Å². The summed E-state index contributed by atoms with van der Waals surface area (Å²) in [6, 6.07) is 5.49. The summed E-state index contributed by atoms with van der Waals surface area (Å²) in [4.78, 5) is 0.451. The van der Waals surface area contributed by atoms with Crippen molar-refractivity contribution < 1.29 is 8.42 Å². The van der Waals surface area contributed by atoms with Crippen LogP contribution in [0.15, 0.2) is 23.1 Å². The Morgan fingerprint density at radius 3 is 2.80 bits per heavy atom. The average Bonchev–Trinajstić information content (AvgIpc) is 2.45. The fraction of sp³-hybridized carbons (Fsp3) is 0.600. The topological polar surface area (TPSA) is 58.2 Å². The van der Waals surface area contributed by atoms with E-state index in [2.05, 4.69) is 23.9 Å². The molecule has 112 valence electrons. The van der Waals surface area contributed by atoms with Crippen molar-refractivity contribution in [2.45, 2.75) is 51.1 Å². The van der Waals surface area contributed by atoms with Crippen LogP contribution in [0.3, 0.4) is 0 Å². The summed E-state index contributed by atoms with van der Waals surface area (Å²) in [5.41, 5.74) is 2.06. The van der Waals surface area contributed by atoms with Crippen molar-refractivity contribution in [3.05, 3.63) is 29.3 Å². The second kappa shape index (κ2) is 6.24. The Kier molecular flexibility index (Phi) is 4.83. The van der Waals surface area contributed by atoms with Gasteiger partial charge in [0.15, 0.2) is 0 Å². The van der Waals surface area contributed by atoms with E-state index in [0.717, 1.165) is 37.1 Å². The van der Waals surface area contributed by atoms with Crippen LogP contribution in [0.4, 0.5) is 0 Å². The molecule has 0 radical (unpaired) electrons. The first kappa shape index (κ1) is 15.5. The molecular weight excluding hydrogens is 272 g/mol. The Hall–Kier alpha value is -0.910. The molecule has 0 saturated heterocycles. The minimum absolute atomic E-state index is 0.0532. The van der Waals surface area contributed by atoms with E-state index < -0.39 is 10.0 Å². The Morgan fingerprint density at radius 1 is 1.35 bits per heavy atom. The molecule has 2 rings (SSSR count). The molecule has 20 heavy (non-hydrogen) atoms. The number of fused-ring (bicyclic) bond motifs is 1. The van der Waals surface area contributed by atoms with Crippen LogP contribution in [-0.2, 0) is 23.0 Å². The highest BCUT2D eigenvalue weighted by atomic mass is 32.2. The molecule has 0 bridgehead atoms. The molecule has 0 aliphatic carbocycles. The normalized spacial score (nSPS) is 18.4. The summed E-state index contributed by atoms with van der Waals surface area (Å²) in [7, 11) is -3.43. The maximum Gasteiger partial charge on any atom is 0.241 e. The standard InChI is InChI=1S/C15H24N2O2S/c1-4-11(2)12(3)17-20(18,19)15-7-5-6-13-10-16-9-8-14(13)15/h5-7,11-12,16-17H,4,8-10H2,1-3H3. The van der Waals surface area contributed by atoms with Crippen LogP contribution in [0.2, 0.25) is 0 Å². The van der Waals surface area contributed by atoms with Crippen LogP contribution in [0.5, 0.6) is 0 Å². The fourth-order valence-electron chi connectivity index (χ4n) is 2.53. The number of nitrogens with one attached hydrogen (secondary N) is 2. The molecule has 1 aromatic carbocycles. The molecule has 0 amide bonds. The Morgan fingerprint density at radius 2 is 2.10 bits per heavy atom. The predicted molar refractivity (Wildman–Crippen MR) is 81.1 cm³/mol. The first-order chi connectivity index (χ1) is 9.45. The van der Waals surface area contributed by atoms with Crippen molar-refractivity contribution in [2.24, 2.45) is 5.92 Å². The third-order valence-corrected chi connectivity index (χ3v) is 5.87. The van der Waals surface area contributed by atoms with Gasteiger partial charge in [0.1, 0.15) is 0 Å². The van der Waals surface area contributed by atoms with E-state index in [0.29, 0.717) is 10.8 Å². The zero-order valence-corrected chi connectivity index (χ0v) is 13.3. The maximum absolute atomic E-state index is 12.6. The first-order valence-corrected chi connectivity index (χ1v) is 8.78. The molecule has 4 nitrogen and oxygen atoms in total. The van der Waals surface area contributed by atoms with E-state index in [1.807, 2.05) is 19.1 Å². The van der Waals surface area contributed by atoms with Crippen molar-refractivity contribution in [1.82, 2.24) is 10.0 Å². The van der Waals surface area contributed by atoms with Gasteiger partial charge < -0.3 is 5.32 Å². The third-order valence-electron chi connectivity index (χ3n) is 4.23. The predicted octanol–water partition coefficient (Wildman–Crippen LogP) is 2.05. The number of rotatable bonds is 5. The van der Waals surface area contributed by atoms with Gasteiger partial charge >= 0.3 is 0 Å². The summed E-state index contributed by atoms with van der Waals surface area (Å²) in [5, 5.41) is 3.27. The van der Waals surface area contributed by atoms with Gasteiger partial charge in [0, 0.05) is 12.6 Å². The molecule has 2 N–H and O–H groups in total. The molecule has 1 heterocycles. The SMILES string of the molecule is CCC(C)C(C)NS(=O)(=O)c1cccc2c1CCNC2. The summed E-state index contributed by atoms with van der Waals surface area (Å²) < 4.78 is 28.0. The van der Waals surface area contributed by atoms with Gasteiger partial charge in [-0.25, -0.2) is 13.1 Å². The molecule has 1 aliphatic heterocycles. The van der Waals surface area contributed by atoms with Gasteiger partial charge in [-0.2, -0.15) is 0 Å². The minimum Gasteiger partial charge on any atom is -0.312 e. The van der Waals surface area contributed by atoms with Gasteiger partial charge in [0.25, 0.3) is 0 Å². The summed E-state index contributed by atoms with van der Waals surface area (Å²) in [6.07, 6.45) is 1.73. The van der Waals surface area contributed by atoms with Crippen molar-refractivity contribution in [3.8, 4) is 0 Å². The smallest absolute Gasteiger partial charge is 0.241 e. The molecule has 0 fully saturated rings. The molecular formula is C15H24N2O2S. The molecule has 0 saturated carbocycles. The van der Waals surface area contributed by atoms with Gasteiger partial charge in [0.2, 0.25) is 10.0 Å². The Balaban J connectivity index is 2.30. The lowest BCUT2D eigenvalue weighted by Gasteiger charge is -2.23. The number of sulfonamides is 1. The fourth-order valence-corrected chi connectivity index (χ4v) is 4.19. The minimum atomic E-state index is -3.43. The molecule has 0 spiro atoms. The summed E-state index contributed by atoms with van der Waals surface area (Å²) in [5.74, 6) is 0.325.